The number of benzene rings is 3. The maximum Gasteiger partial charge on any atom is 0.211 e. The number of carbonyl (C=O) groups excluding carboxylic acids is 1. The lowest BCUT2D eigenvalue weighted by Crippen LogP contribution is -2.08. The summed E-state index contributed by atoms with van der Waals surface area (Å²) in [5.74, 6) is 0.109. The molecule has 3 aromatic carbocycles. The first-order valence-corrected chi connectivity index (χ1v) is 12.4. The van der Waals surface area contributed by atoms with Gasteiger partial charge in [0.1, 0.15) is 20.5 Å². The molecule has 0 unspecified atom stereocenters. The van der Waals surface area contributed by atoms with Gasteiger partial charge in [0, 0.05) is 16.3 Å². The second-order valence-electron chi connectivity index (χ2n) is 7.01. The molecular weight excluding hydrogens is 480 g/mol. The van der Waals surface area contributed by atoms with Crippen LogP contribution >= 0.6 is 22.9 Å². The predicted octanol–water partition coefficient (Wildman–Crippen LogP) is 5.80. The summed E-state index contributed by atoms with van der Waals surface area (Å²) in [7, 11) is -2.56. The highest BCUT2D eigenvalue weighted by molar-refractivity contribution is 7.92. The van der Waals surface area contributed by atoms with Crippen molar-refractivity contribution in [1.82, 2.24) is 0 Å². The second kappa shape index (κ2) is 9.27. The molecule has 1 aromatic heterocycles. The van der Waals surface area contributed by atoms with Gasteiger partial charge in [-0.2, -0.15) is 0 Å². The number of sulfone groups is 1. The molecule has 0 bridgehead atoms. The van der Waals surface area contributed by atoms with E-state index in [2.05, 4.69) is 5.32 Å². The van der Waals surface area contributed by atoms with Gasteiger partial charge in [0.05, 0.1) is 17.7 Å². The van der Waals surface area contributed by atoms with E-state index < -0.39 is 15.6 Å². The van der Waals surface area contributed by atoms with E-state index in [0.29, 0.717) is 22.0 Å². The zero-order valence-corrected chi connectivity index (χ0v) is 19.8. The van der Waals surface area contributed by atoms with Crippen molar-refractivity contribution in [2.45, 2.75) is 9.79 Å². The highest BCUT2D eigenvalue weighted by Gasteiger charge is 2.31. The summed E-state index contributed by atoms with van der Waals surface area (Å²) in [6.45, 7) is 0. The first-order chi connectivity index (χ1) is 15.8. The molecule has 0 spiro atoms. The molecule has 168 valence electrons. The molecule has 0 aliphatic heterocycles. The Kier molecular flexibility index (Phi) is 6.42. The van der Waals surface area contributed by atoms with Gasteiger partial charge in [-0.3, -0.25) is 4.79 Å². The van der Waals surface area contributed by atoms with Crippen LogP contribution in [0.15, 0.2) is 88.7 Å². The molecule has 6 nitrogen and oxygen atoms in total. The lowest BCUT2D eigenvalue weighted by Gasteiger charge is -2.10. The zero-order chi connectivity index (χ0) is 23.6. The average Bonchev–Trinajstić information content (AvgIpc) is 3.15. The highest BCUT2D eigenvalue weighted by Crippen LogP contribution is 2.44. The van der Waals surface area contributed by atoms with E-state index in [9.17, 15) is 13.2 Å². The van der Waals surface area contributed by atoms with Gasteiger partial charge in [-0.25, -0.2) is 8.42 Å². The van der Waals surface area contributed by atoms with Crippen LogP contribution in [0.25, 0.3) is 0 Å². The summed E-state index contributed by atoms with van der Waals surface area (Å²) in [5, 5.41) is 3.76. The molecule has 0 aliphatic carbocycles. The van der Waals surface area contributed by atoms with Crippen molar-refractivity contribution in [2.24, 2.45) is 0 Å². The monoisotopic (exact) mass is 498 g/mol. The van der Waals surface area contributed by atoms with Crippen LogP contribution in [0.5, 0.6) is 5.75 Å². The number of rotatable bonds is 7. The van der Waals surface area contributed by atoms with Gasteiger partial charge in [0.2, 0.25) is 15.6 Å². The Bertz CT molecular complexity index is 1420. The Morgan fingerprint density at radius 3 is 2.36 bits per heavy atom. The summed E-state index contributed by atoms with van der Waals surface area (Å²) in [6.07, 6.45) is 0. The Morgan fingerprint density at radius 2 is 1.70 bits per heavy atom. The van der Waals surface area contributed by atoms with E-state index in [1.54, 1.807) is 36.4 Å². The number of nitrogens with one attached hydrogen (secondary N) is 1. The summed E-state index contributed by atoms with van der Waals surface area (Å²) in [6, 6.07) is 21.5. The Hall–Kier alpha value is -3.33. The molecular formula is C24H19ClN2O4S2. The van der Waals surface area contributed by atoms with Gasteiger partial charge in [0.15, 0.2) is 0 Å². The fraction of sp³-hybridized carbons (Fsp3) is 0.0417. The summed E-state index contributed by atoms with van der Waals surface area (Å²) in [5.41, 5.74) is 7.22. The van der Waals surface area contributed by atoms with Crippen LogP contribution in [0.3, 0.4) is 0 Å². The number of nitrogens with two attached hydrogens (primary N) is 1. The minimum absolute atomic E-state index is 0.0212. The molecule has 33 heavy (non-hydrogen) atoms. The number of thiophene rings is 1. The number of para-hydroxylation sites is 1. The maximum atomic E-state index is 13.6. The van der Waals surface area contributed by atoms with Gasteiger partial charge in [-0.15, -0.1) is 11.3 Å². The molecule has 0 atom stereocenters. The molecule has 9 heteroatoms. The predicted molar refractivity (Wildman–Crippen MR) is 132 cm³/mol. The van der Waals surface area contributed by atoms with Crippen molar-refractivity contribution in [3.63, 3.8) is 0 Å². The van der Waals surface area contributed by atoms with Gasteiger partial charge in [-0.1, -0.05) is 41.9 Å². The molecule has 0 saturated carbocycles. The third kappa shape index (κ3) is 4.59. The fourth-order valence-corrected chi connectivity index (χ4v) is 6.29. The quantitative estimate of drug-likeness (QED) is 0.312. The summed E-state index contributed by atoms with van der Waals surface area (Å²) < 4.78 is 32.3. The van der Waals surface area contributed by atoms with Gasteiger partial charge in [0.25, 0.3) is 0 Å². The van der Waals surface area contributed by atoms with Crippen LogP contribution in [0.2, 0.25) is 5.02 Å². The fourth-order valence-electron chi connectivity index (χ4n) is 3.23. The maximum absolute atomic E-state index is 13.6. The van der Waals surface area contributed by atoms with E-state index in [1.165, 1.54) is 31.4 Å². The molecule has 0 fully saturated rings. The summed E-state index contributed by atoms with van der Waals surface area (Å²) in [4.78, 5) is 13.3. The molecule has 4 rings (SSSR count). The Labute approximate surface area is 200 Å². The van der Waals surface area contributed by atoms with Crippen LogP contribution in [-0.4, -0.2) is 21.3 Å². The van der Waals surface area contributed by atoms with E-state index in [-0.39, 0.29) is 25.4 Å². The van der Waals surface area contributed by atoms with Crippen LogP contribution in [0, 0.1) is 0 Å². The molecule has 4 aromatic rings. The highest BCUT2D eigenvalue weighted by atomic mass is 35.5. The van der Waals surface area contributed by atoms with Crippen molar-refractivity contribution < 1.29 is 17.9 Å². The summed E-state index contributed by atoms with van der Waals surface area (Å²) >= 11 is 6.92. The van der Waals surface area contributed by atoms with Gasteiger partial charge >= 0.3 is 0 Å². The lowest BCUT2D eigenvalue weighted by molar-refractivity contribution is 0.104. The number of anilines is 3. The van der Waals surface area contributed by atoms with E-state index in [4.69, 9.17) is 22.1 Å². The topological polar surface area (TPSA) is 98.5 Å². The molecule has 0 radical (unpaired) electrons. The van der Waals surface area contributed by atoms with Crippen LogP contribution in [0.1, 0.15) is 15.2 Å². The Morgan fingerprint density at radius 1 is 1.00 bits per heavy atom. The number of nitrogen functional groups attached to an aromatic ring is 1. The number of carbonyl (C=O) groups is 1. The van der Waals surface area contributed by atoms with Crippen molar-refractivity contribution >= 4 is 54.9 Å². The van der Waals surface area contributed by atoms with E-state index >= 15 is 0 Å². The van der Waals surface area contributed by atoms with Crippen LogP contribution in [0.4, 0.5) is 16.4 Å². The minimum Gasteiger partial charge on any atom is -0.497 e. The number of methoxy groups -OCH3 is 1. The van der Waals surface area contributed by atoms with Crippen LogP contribution < -0.4 is 15.8 Å². The van der Waals surface area contributed by atoms with Crippen molar-refractivity contribution in [1.29, 1.82) is 0 Å². The third-order valence-electron chi connectivity index (χ3n) is 4.86. The second-order valence-corrected chi connectivity index (χ2v) is 10.4. The smallest absolute Gasteiger partial charge is 0.211 e. The molecule has 3 N–H and O–H groups in total. The largest absolute Gasteiger partial charge is 0.497 e. The standard InChI is InChI=1S/C24H19ClN2O4S2/c1-31-18-9-5-6-15(14-18)21(28)22-20(26)23(24(32-22)27-17-7-3-2-4-8-17)33(29,30)19-12-10-16(25)11-13-19/h2-14,27H,26H2,1H3. The third-order valence-corrected chi connectivity index (χ3v) is 8.22. The number of halogens is 1. The minimum atomic E-state index is -4.06. The molecule has 0 saturated heterocycles. The zero-order valence-electron chi connectivity index (χ0n) is 17.4. The number of hydrogen-bond donors (Lipinski definition) is 2. The van der Waals surface area contributed by atoms with Crippen molar-refractivity contribution in [3.8, 4) is 5.75 Å². The van der Waals surface area contributed by atoms with Gasteiger partial charge in [-0.05, 0) is 48.5 Å². The molecule has 0 amide bonds. The lowest BCUT2D eigenvalue weighted by atomic mass is 10.1. The number of ether oxygens (including phenoxy) is 1. The normalized spacial score (nSPS) is 11.2. The number of ketones is 1. The van der Waals surface area contributed by atoms with Crippen molar-refractivity contribution in [2.75, 3.05) is 18.2 Å². The Balaban J connectivity index is 1.87. The first kappa shape index (κ1) is 22.8. The molecule has 0 aliphatic rings. The SMILES string of the molecule is COc1cccc(C(=O)c2sc(Nc3ccccc3)c(S(=O)(=O)c3ccc(Cl)cc3)c2N)c1. The van der Waals surface area contributed by atoms with E-state index in [1.807, 2.05) is 18.2 Å². The average molecular weight is 499 g/mol. The number of hydrogen-bond acceptors (Lipinski definition) is 7. The molecule has 1 heterocycles. The first-order valence-electron chi connectivity index (χ1n) is 9.75. The van der Waals surface area contributed by atoms with Crippen LogP contribution in [-0.2, 0) is 9.84 Å². The van der Waals surface area contributed by atoms with E-state index in [0.717, 1.165) is 11.3 Å². The van der Waals surface area contributed by atoms with Crippen molar-refractivity contribution in [3.05, 3.63) is 94.3 Å². The van der Waals surface area contributed by atoms with Gasteiger partial charge < -0.3 is 15.8 Å².